The molecule has 156 valence electrons. The Balaban J connectivity index is 1.67. The van der Waals surface area contributed by atoms with Gasteiger partial charge in [-0.2, -0.15) is 0 Å². The number of benzene rings is 1. The second-order valence-corrected chi connectivity index (χ2v) is 11.7. The maximum Gasteiger partial charge on any atom is 0.259 e. The number of fused-ring (bicyclic) bond motifs is 2. The van der Waals surface area contributed by atoms with Crippen molar-refractivity contribution in [3.63, 3.8) is 0 Å². The molecule has 0 spiro atoms. The number of thiazole rings is 1. The smallest absolute Gasteiger partial charge is 0.259 e. The summed E-state index contributed by atoms with van der Waals surface area (Å²) in [5, 5.41) is 16.4. The molecule has 1 amide bonds. The van der Waals surface area contributed by atoms with Crippen molar-refractivity contribution in [1.82, 2.24) is 4.98 Å². The van der Waals surface area contributed by atoms with Crippen LogP contribution in [0.15, 0.2) is 20.8 Å². The molecule has 0 aliphatic heterocycles. The Hall–Kier alpha value is -1.61. The number of rotatable bonds is 4. The zero-order valence-electron chi connectivity index (χ0n) is 17.0. The first-order valence-corrected chi connectivity index (χ1v) is 12.4. The van der Waals surface area contributed by atoms with Crippen LogP contribution >= 0.6 is 11.3 Å². The van der Waals surface area contributed by atoms with Crippen molar-refractivity contribution in [2.75, 3.05) is 0 Å². The Morgan fingerprint density at radius 2 is 2.14 bits per heavy atom. The van der Waals surface area contributed by atoms with Crippen LogP contribution in [0.2, 0.25) is 0 Å². The predicted octanol–water partition coefficient (Wildman–Crippen LogP) is 3.38. The van der Waals surface area contributed by atoms with Crippen molar-refractivity contribution in [1.29, 1.82) is 0 Å². The number of carbonyl (C=O) groups is 1. The molecule has 6 nitrogen and oxygen atoms in total. The summed E-state index contributed by atoms with van der Waals surface area (Å²) in [7, 11) is -3.39. The van der Waals surface area contributed by atoms with Gasteiger partial charge in [0.25, 0.3) is 5.91 Å². The van der Waals surface area contributed by atoms with Crippen LogP contribution in [0.5, 0.6) is 0 Å². The summed E-state index contributed by atoms with van der Waals surface area (Å²) in [5.74, 6) is -0.0333. The summed E-state index contributed by atoms with van der Waals surface area (Å²) < 4.78 is 17.0. The molecular weight excluding hydrogens is 406 g/mol. The minimum atomic E-state index is -3.39. The Morgan fingerprint density at radius 1 is 1.38 bits per heavy atom. The van der Waals surface area contributed by atoms with Crippen molar-refractivity contribution >= 4 is 27.2 Å². The summed E-state index contributed by atoms with van der Waals surface area (Å²) in [5.41, 5.74) is 5.21. The average Bonchev–Trinajstić information content (AvgIpc) is 3.33. The van der Waals surface area contributed by atoms with Crippen LogP contribution in [0.4, 0.5) is 0 Å². The number of aromatic nitrogens is 1. The molecule has 2 atom stereocenters. The maximum absolute atomic E-state index is 12.9. The topological polar surface area (TPSA) is 106 Å². The fraction of sp³-hybridized carbons (Fsp3) is 0.524. The maximum atomic E-state index is 12.9. The molecule has 8 heteroatoms. The van der Waals surface area contributed by atoms with E-state index in [1.165, 1.54) is 28.5 Å². The van der Waals surface area contributed by atoms with Gasteiger partial charge in [-0.05, 0) is 79.7 Å². The molecule has 0 radical (unpaired) electrons. The molecule has 0 bridgehead atoms. The van der Waals surface area contributed by atoms with Crippen molar-refractivity contribution in [3.8, 4) is 0 Å². The number of aryl methyl sites for hydroxylation is 2. The largest absolute Gasteiger partial charge is 0.383 e. The molecular formula is C21H27N3O3S2. The first kappa shape index (κ1) is 20.7. The van der Waals surface area contributed by atoms with Gasteiger partial charge in [0, 0.05) is 0 Å². The van der Waals surface area contributed by atoms with Crippen LogP contribution in [0, 0.1) is 0 Å². The number of hydrogen-bond donors (Lipinski definition) is 2. The molecule has 29 heavy (non-hydrogen) atoms. The van der Waals surface area contributed by atoms with Gasteiger partial charge in [-0.3, -0.25) is 4.79 Å². The Labute approximate surface area is 175 Å². The number of nitrogens with two attached hydrogens (primary N) is 1. The molecule has 2 aromatic rings. The summed E-state index contributed by atoms with van der Waals surface area (Å²) in [4.78, 5) is 16.9. The quantitative estimate of drug-likeness (QED) is 0.771. The summed E-state index contributed by atoms with van der Waals surface area (Å²) >= 11 is 1.03. The molecule has 2 aliphatic rings. The van der Waals surface area contributed by atoms with Gasteiger partial charge < -0.3 is 5.11 Å². The second kappa shape index (κ2) is 7.27. The predicted molar refractivity (Wildman–Crippen MR) is 114 cm³/mol. The third-order valence-corrected chi connectivity index (χ3v) is 9.07. The molecule has 0 fully saturated rings. The van der Waals surface area contributed by atoms with Crippen LogP contribution in [-0.2, 0) is 46.0 Å². The monoisotopic (exact) mass is 433 g/mol. The summed E-state index contributed by atoms with van der Waals surface area (Å²) in [6.45, 7) is 5.39. The van der Waals surface area contributed by atoms with E-state index in [0.717, 1.165) is 49.0 Å². The normalized spacial score (nSPS) is 20.2. The van der Waals surface area contributed by atoms with E-state index >= 15 is 0 Å². The minimum absolute atomic E-state index is 0.140. The third-order valence-electron chi connectivity index (χ3n) is 5.85. The van der Waals surface area contributed by atoms with Gasteiger partial charge in [0.2, 0.25) is 0 Å². The molecule has 0 saturated heterocycles. The van der Waals surface area contributed by atoms with Gasteiger partial charge in [-0.25, -0.2) is 14.3 Å². The van der Waals surface area contributed by atoms with E-state index in [-0.39, 0.29) is 10.6 Å². The molecule has 0 saturated carbocycles. The third kappa shape index (κ3) is 3.91. The molecule has 2 aliphatic carbocycles. The SMILES string of the molecule is CC1CCc2cc3c(c(CC(=O)N=S(N)(=O)c4cnc(C(C)(C)O)s4)c21)CCC3. The van der Waals surface area contributed by atoms with E-state index in [9.17, 15) is 14.1 Å². The lowest BCUT2D eigenvalue weighted by atomic mass is 9.89. The Bertz CT molecular complexity index is 1110. The lowest BCUT2D eigenvalue weighted by Crippen LogP contribution is -2.16. The van der Waals surface area contributed by atoms with Crippen LogP contribution < -0.4 is 5.14 Å². The molecule has 1 heterocycles. The molecule has 1 aromatic heterocycles. The number of amides is 1. The van der Waals surface area contributed by atoms with Gasteiger partial charge in [-0.15, -0.1) is 15.7 Å². The van der Waals surface area contributed by atoms with Gasteiger partial charge in [0.1, 0.15) is 14.8 Å². The molecule has 4 rings (SSSR count). The Morgan fingerprint density at radius 3 is 2.83 bits per heavy atom. The highest BCUT2D eigenvalue weighted by Gasteiger charge is 2.29. The van der Waals surface area contributed by atoms with E-state index in [1.54, 1.807) is 13.8 Å². The highest BCUT2D eigenvalue weighted by Crippen LogP contribution is 2.41. The van der Waals surface area contributed by atoms with Gasteiger partial charge in [0.15, 0.2) is 9.92 Å². The van der Waals surface area contributed by atoms with Crippen molar-refractivity contribution < 1.29 is 14.1 Å². The highest BCUT2D eigenvalue weighted by molar-refractivity contribution is 7.93. The minimum Gasteiger partial charge on any atom is -0.383 e. The second-order valence-electron chi connectivity index (χ2n) is 8.63. The van der Waals surface area contributed by atoms with E-state index in [1.807, 2.05) is 0 Å². The molecule has 3 N–H and O–H groups in total. The number of nitrogens with zero attached hydrogens (tertiary/aromatic N) is 2. The van der Waals surface area contributed by atoms with Crippen molar-refractivity contribution in [2.24, 2.45) is 9.50 Å². The first-order chi connectivity index (χ1) is 13.6. The first-order valence-electron chi connectivity index (χ1n) is 9.99. The van der Waals surface area contributed by atoms with Crippen LogP contribution in [0.3, 0.4) is 0 Å². The van der Waals surface area contributed by atoms with Gasteiger partial charge in [0.05, 0.1) is 12.6 Å². The lowest BCUT2D eigenvalue weighted by molar-refractivity contribution is -0.117. The lowest BCUT2D eigenvalue weighted by Gasteiger charge is -2.16. The highest BCUT2D eigenvalue weighted by atomic mass is 32.2. The van der Waals surface area contributed by atoms with E-state index in [4.69, 9.17) is 5.14 Å². The average molecular weight is 434 g/mol. The van der Waals surface area contributed by atoms with E-state index in [2.05, 4.69) is 22.3 Å². The molecule has 1 aromatic carbocycles. The summed E-state index contributed by atoms with van der Waals surface area (Å²) in [6, 6.07) is 2.33. The fourth-order valence-electron chi connectivity index (χ4n) is 4.51. The number of hydrogen-bond acceptors (Lipinski definition) is 5. The molecule has 2 unspecified atom stereocenters. The van der Waals surface area contributed by atoms with Crippen LogP contribution in [-0.4, -0.2) is 20.2 Å². The number of aliphatic hydroxyl groups is 1. The fourth-order valence-corrected chi connectivity index (χ4v) is 6.65. The van der Waals surface area contributed by atoms with Crippen molar-refractivity contribution in [2.45, 2.75) is 75.0 Å². The zero-order chi connectivity index (χ0) is 21.0. The Kier molecular flexibility index (Phi) is 5.17. The summed E-state index contributed by atoms with van der Waals surface area (Å²) in [6.07, 6.45) is 6.79. The van der Waals surface area contributed by atoms with Crippen molar-refractivity contribution in [3.05, 3.63) is 45.1 Å². The van der Waals surface area contributed by atoms with E-state index in [0.29, 0.717) is 10.9 Å². The number of carbonyl (C=O) groups excluding carboxylic acids is 1. The zero-order valence-corrected chi connectivity index (χ0v) is 18.7. The van der Waals surface area contributed by atoms with Gasteiger partial charge in [-0.1, -0.05) is 13.0 Å². The van der Waals surface area contributed by atoms with Gasteiger partial charge >= 0.3 is 0 Å². The van der Waals surface area contributed by atoms with Crippen LogP contribution in [0.25, 0.3) is 0 Å². The van der Waals surface area contributed by atoms with E-state index < -0.39 is 21.4 Å². The van der Waals surface area contributed by atoms with Crippen LogP contribution in [0.1, 0.15) is 72.4 Å². The standard InChI is InChI=1S/C21H27N3O3S2/c1-12-7-8-14-9-13-5-4-6-15(13)16(19(12)14)10-17(25)24-29(22,27)18-11-23-20(28-18)21(2,3)26/h9,11-12,26H,4-8,10H2,1-3H3,(H2,22,24,25,27).